The quantitative estimate of drug-likeness (QED) is 0.550. The molecule has 34 heavy (non-hydrogen) atoms. The van der Waals surface area contributed by atoms with Gasteiger partial charge in [-0.05, 0) is 37.5 Å². The minimum absolute atomic E-state index is 0.0153. The molecule has 2 aromatic rings. The first-order valence-electron chi connectivity index (χ1n) is 10.6. The molecule has 180 valence electrons. The van der Waals surface area contributed by atoms with Crippen LogP contribution in [0.4, 0.5) is 8.78 Å². The summed E-state index contributed by atoms with van der Waals surface area (Å²) >= 11 is 11.4. The lowest BCUT2D eigenvalue weighted by Crippen LogP contribution is -2.84. The number of hydrogen-bond acceptors (Lipinski definition) is 5. The van der Waals surface area contributed by atoms with Gasteiger partial charge in [-0.15, -0.1) is 0 Å². The lowest BCUT2D eigenvalue weighted by molar-refractivity contribution is -0.155. The average Bonchev–Trinajstić information content (AvgIpc) is 2.73. The third-order valence-corrected chi connectivity index (χ3v) is 7.09. The predicted molar refractivity (Wildman–Crippen MR) is 118 cm³/mol. The minimum atomic E-state index is -1.01. The average molecular weight is 513 g/mol. The Bertz CT molecular complexity index is 1170. The van der Waals surface area contributed by atoms with Crippen molar-refractivity contribution in [2.45, 2.75) is 49.0 Å². The number of benzene rings is 2. The molecule has 3 aliphatic carbocycles. The molecular weight excluding hydrogens is 493 g/mol. The Hall–Kier alpha value is -2.62. The Morgan fingerprint density at radius 2 is 1.74 bits per heavy atom. The molecule has 3 saturated carbocycles. The first kappa shape index (κ1) is 23.1. The molecule has 1 aliphatic heterocycles. The zero-order valence-corrected chi connectivity index (χ0v) is 19.2. The number of halogens is 4. The summed E-state index contributed by atoms with van der Waals surface area (Å²) < 4.78 is 38.2. The molecule has 11 heteroatoms. The van der Waals surface area contributed by atoms with E-state index in [2.05, 4.69) is 10.6 Å². The second-order valence-electron chi connectivity index (χ2n) is 9.16. The smallest absolute Gasteiger partial charge is 0.261 e. The molecule has 0 spiro atoms. The van der Waals surface area contributed by atoms with Crippen LogP contribution in [0.3, 0.4) is 0 Å². The molecule has 0 radical (unpaired) electrons. The first-order chi connectivity index (χ1) is 16.1. The Labute approximate surface area is 203 Å². The van der Waals surface area contributed by atoms with Gasteiger partial charge in [0.1, 0.15) is 23.1 Å². The molecule has 2 atom stereocenters. The largest absolute Gasteiger partial charge is 0.484 e. The Balaban J connectivity index is 1.11. The molecule has 7 nitrogen and oxygen atoms in total. The van der Waals surface area contributed by atoms with Crippen LogP contribution in [-0.2, 0) is 9.59 Å². The van der Waals surface area contributed by atoms with Gasteiger partial charge in [0.15, 0.2) is 12.7 Å². The highest BCUT2D eigenvalue weighted by atomic mass is 35.5. The highest BCUT2D eigenvalue weighted by Gasteiger charge is 2.69. The van der Waals surface area contributed by atoms with Crippen molar-refractivity contribution in [1.82, 2.24) is 10.6 Å². The Kier molecular flexibility index (Phi) is 5.61. The van der Waals surface area contributed by atoms with Crippen molar-refractivity contribution in [3.8, 4) is 11.5 Å². The van der Waals surface area contributed by atoms with E-state index >= 15 is 0 Å². The highest BCUT2D eigenvalue weighted by Crippen LogP contribution is 2.60. The van der Waals surface area contributed by atoms with E-state index in [1.807, 2.05) is 0 Å². The van der Waals surface area contributed by atoms with Crippen molar-refractivity contribution in [2.24, 2.45) is 0 Å². The fourth-order valence-electron chi connectivity index (χ4n) is 5.04. The van der Waals surface area contributed by atoms with Gasteiger partial charge in [-0.2, -0.15) is 0 Å². The summed E-state index contributed by atoms with van der Waals surface area (Å²) in [6.07, 6.45) is -0.335. The number of amides is 2. The summed E-state index contributed by atoms with van der Waals surface area (Å²) in [6, 6.07) is 6.28. The summed E-state index contributed by atoms with van der Waals surface area (Å²) in [6.45, 7) is -0.282. The molecule has 2 aromatic carbocycles. The van der Waals surface area contributed by atoms with E-state index in [1.54, 1.807) is 0 Å². The first-order valence-corrected chi connectivity index (χ1v) is 11.4. The zero-order valence-electron chi connectivity index (χ0n) is 17.7. The van der Waals surface area contributed by atoms with E-state index in [0.29, 0.717) is 24.8 Å². The number of fused-ring (bicyclic) bond motifs is 1. The van der Waals surface area contributed by atoms with E-state index in [0.717, 1.165) is 12.1 Å². The maximum Gasteiger partial charge on any atom is 0.261 e. The lowest BCUT2D eigenvalue weighted by Gasteiger charge is -2.70. The van der Waals surface area contributed by atoms with Crippen LogP contribution in [0, 0.1) is 11.6 Å². The minimum Gasteiger partial charge on any atom is -0.484 e. The van der Waals surface area contributed by atoms with Crippen LogP contribution < -0.4 is 20.1 Å². The normalized spacial score (nSPS) is 28.5. The molecule has 2 bridgehead atoms. The summed E-state index contributed by atoms with van der Waals surface area (Å²) in [5.74, 6) is -1.82. The molecular formula is C23H20Cl2F2N2O5. The van der Waals surface area contributed by atoms with Gasteiger partial charge in [0.05, 0.1) is 16.1 Å². The number of hydrogen-bond donors (Lipinski definition) is 3. The maximum atomic E-state index is 13.8. The van der Waals surface area contributed by atoms with Crippen LogP contribution >= 0.6 is 23.2 Å². The number of aliphatic hydroxyl groups excluding tert-OH is 1. The molecule has 6 rings (SSSR count). The van der Waals surface area contributed by atoms with E-state index in [1.165, 1.54) is 18.2 Å². The van der Waals surface area contributed by atoms with E-state index in [4.69, 9.17) is 32.7 Å². The van der Waals surface area contributed by atoms with Crippen LogP contribution in [0.15, 0.2) is 30.3 Å². The maximum absolute atomic E-state index is 13.8. The third kappa shape index (κ3) is 4.16. The van der Waals surface area contributed by atoms with Gasteiger partial charge in [-0.1, -0.05) is 23.2 Å². The summed E-state index contributed by atoms with van der Waals surface area (Å²) in [4.78, 5) is 25.0. The van der Waals surface area contributed by atoms with Crippen molar-refractivity contribution in [1.29, 1.82) is 0 Å². The summed E-state index contributed by atoms with van der Waals surface area (Å²) in [5, 5.41) is 16.0. The molecule has 0 saturated heterocycles. The van der Waals surface area contributed by atoms with Crippen molar-refractivity contribution in [2.75, 3.05) is 6.61 Å². The number of aliphatic hydroxyl groups is 1. The Morgan fingerprint density at radius 3 is 2.44 bits per heavy atom. The number of carbonyl (C=O) groups excluding carboxylic acids is 2. The fourth-order valence-corrected chi connectivity index (χ4v) is 5.33. The lowest BCUT2D eigenvalue weighted by atomic mass is 9.44. The van der Waals surface area contributed by atoms with Gasteiger partial charge in [0.25, 0.3) is 11.8 Å². The third-order valence-electron chi connectivity index (χ3n) is 6.49. The second-order valence-corrected chi connectivity index (χ2v) is 9.97. The summed E-state index contributed by atoms with van der Waals surface area (Å²) in [7, 11) is 0. The van der Waals surface area contributed by atoms with Crippen LogP contribution in [0.25, 0.3) is 0 Å². The highest BCUT2D eigenvalue weighted by molar-refractivity contribution is 6.31. The van der Waals surface area contributed by atoms with E-state index in [-0.39, 0.29) is 40.5 Å². The number of ether oxygens (including phenoxy) is 2. The van der Waals surface area contributed by atoms with Crippen LogP contribution in [0.2, 0.25) is 10.0 Å². The summed E-state index contributed by atoms with van der Waals surface area (Å²) in [5.41, 5.74) is -0.533. The standard InChI is InChI=1S/C23H20Cl2F2N2O5/c24-13-2-1-11(3-15(13)26)33-7-20(31)28-22-8-23(9-22,10-22)29-21(32)19-6-17(30)12-4-14(25)16(27)5-18(12)34-19/h1-5,17,19,30H,6-10H2,(H,28,31)(H,29,32). The van der Waals surface area contributed by atoms with Crippen LogP contribution in [-0.4, -0.2) is 40.7 Å². The molecule has 0 aromatic heterocycles. The van der Waals surface area contributed by atoms with Gasteiger partial charge < -0.3 is 25.2 Å². The van der Waals surface area contributed by atoms with E-state index < -0.39 is 40.8 Å². The number of carbonyl (C=O) groups is 2. The Morgan fingerprint density at radius 1 is 1.06 bits per heavy atom. The second kappa shape index (κ2) is 8.25. The van der Waals surface area contributed by atoms with Crippen molar-refractivity contribution in [3.63, 3.8) is 0 Å². The van der Waals surface area contributed by atoms with Gasteiger partial charge in [0, 0.05) is 35.2 Å². The van der Waals surface area contributed by atoms with E-state index in [9.17, 15) is 23.5 Å². The van der Waals surface area contributed by atoms with Crippen molar-refractivity contribution in [3.05, 3.63) is 57.6 Å². The topological polar surface area (TPSA) is 96.9 Å². The van der Waals surface area contributed by atoms with Gasteiger partial charge in [-0.25, -0.2) is 8.78 Å². The van der Waals surface area contributed by atoms with Crippen molar-refractivity contribution >= 4 is 35.0 Å². The predicted octanol–water partition coefficient (Wildman–Crippen LogP) is 3.44. The van der Waals surface area contributed by atoms with Crippen LogP contribution in [0.5, 0.6) is 11.5 Å². The molecule has 2 unspecified atom stereocenters. The molecule has 3 N–H and O–H groups in total. The fraction of sp³-hybridized carbons (Fsp3) is 0.391. The molecule has 3 fully saturated rings. The number of rotatable bonds is 6. The number of nitrogens with one attached hydrogen (secondary N) is 2. The zero-order chi connectivity index (χ0) is 24.3. The van der Waals surface area contributed by atoms with Gasteiger partial charge in [0.2, 0.25) is 0 Å². The molecule has 4 aliphatic rings. The molecule has 1 heterocycles. The molecule has 2 amide bonds. The van der Waals surface area contributed by atoms with Gasteiger partial charge in [-0.3, -0.25) is 9.59 Å². The monoisotopic (exact) mass is 512 g/mol. The van der Waals surface area contributed by atoms with Crippen LogP contribution in [0.1, 0.15) is 37.4 Å². The van der Waals surface area contributed by atoms with Gasteiger partial charge >= 0.3 is 0 Å². The SMILES string of the molecule is O=C(COc1ccc(Cl)c(F)c1)NC12CC(NC(=O)C3CC(O)c4cc(Cl)c(F)cc4O3)(C1)C2. The van der Waals surface area contributed by atoms with Crippen molar-refractivity contribution < 1.29 is 33.0 Å².